The minimum absolute atomic E-state index is 0.121. The minimum atomic E-state index is -0.460. The summed E-state index contributed by atoms with van der Waals surface area (Å²) in [6.45, 7) is 3.03. The van der Waals surface area contributed by atoms with Gasteiger partial charge in [-0.15, -0.1) is 0 Å². The maximum Gasteiger partial charge on any atom is 0.184 e. The van der Waals surface area contributed by atoms with Crippen molar-refractivity contribution in [3.63, 3.8) is 0 Å². The van der Waals surface area contributed by atoms with Gasteiger partial charge < -0.3 is 28.8 Å². The van der Waals surface area contributed by atoms with E-state index in [2.05, 4.69) is 0 Å². The van der Waals surface area contributed by atoms with Gasteiger partial charge in [-0.25, -0.2) is 0 Å². The molecule has 3 aromatic rings. The number of aryl methyl sites for hydroxylation is 1. The Morgan fingerprint density at radius 3 is 2.07 bits per heavy atom. The number of benzene rings is 3. The monoisotopic (exact) mass is 396 g/mol. The van der Waals surface area contributed by atoms with Gasteiger partial charge >= 0.3 is 0 Å². The van der Waals surface area contributed by atoms with E-state index >= 15 is 0 Å². The van der Waals surface area contributed by atoms with Crippen LogP contribution in [-0.4, -0.2) is 39.6 Å². The number of aromatic hydroxyl groups is 1. The van der Waals surface area contributed by atoms with Crippen LogP contribution in [0.1, 0.15) is 17.4 Å². The quantitative estimate of drug-likeness (QED) is 0.680. The zero-order chi connectivity index (χ0) is 20.5. The second kappa shape index (κ2) is 7.81. The molecule has 3 aromatic carbocycles. The largest absolute Gasteiger partial charge is 0.506 e. The standard InChI is InChI=1S/C23H24O6/c1-13-10-14-6-5-7-16(25-2)20(14)22(24)19(13)21-17(26-3)11-15(12-18(21)27-4)23-28-8-9-29-23/h5-7,10-12,23-24H,8-9H2,1-4H3. The molecule has 0 saturated carbocycles. The van der Waals surface area contributed by atoms with E-state index in [0.29, 0.717) is 47.0 Å². The fraction of sp³-hybridized carbons (Fsp3) is 0.304. The molecule has 0 atom stereocenters. The topological polar surface area (TPSA) is 66.4 Å². The Kier molecular flexibility index (Phi) is 5.22. The highest BCUT2D eigenvalue weighted by molar-refractivity contribution is 6.01. The number of ether oxygens (including phenoxy) is 5. The Balaban J connectivity index is 2.00. The van der Waals surface area contributed by atoms with E-state index < -0.39 is 6.29 Å². The highest BCUT2D eigenvalue weighted by Gasteiger charge is 2.26. The maximum absolute atomic E-state index is 11.3. The lowest BCUT2D eigenvalue weighted by Gasteiger charge is -2.21. The van der Waals surface area contributed by atoms with Gasteiger partial charge in [0.25, 0.3) is 0 Å². The number of hydrogen-bond donors (Lipinski definition) is 1. The van der Waals surface area contributed by atoms with Crippen molar-refractivity contribution in [1.29, 1.82) is 0 Å². The molecule has 1 saturated heterocycles. The molecule has 1 aliphatic heterocycles. The SMILES string of the molecule is COc1cc(C2OCCO2)cc(OC)c1-c1c(C)cc2cccc(OC)c2c1O. The van der Waals surface area contributed by atoms with Gasteiger partial charge in [-0.05, 0) is 36.1 Å². The molecule has 1 fully saturated rings. The lowest BCUT2D eigenvalue weighted by Crippen LogP contribution is -2.02. The number of methoxy groups -OCH3 is 3. The molecule has 29 heavy (non-hydrogen) atoms. The Labute approximate surface area is 169 Å². The molecule has 0 spiro atoms. The summed E-state index contributed by atoms with van der Waals surface area (Å²) in [4.78, 5) is 0. The van der Waals surface area contributed by atoms with Crippen LogP contribution in [-0.2, 0) is 9.47 Å². The van der Waals surface area contributed by atoms with Gasteiger partial charge in [0.15, 0.2) is 6.29 Å². The first-order valence-corrected chi connectivity index (χ1v) is 9.37. The lowest BCUT2D eigenvalue weighted by molar-refractivity contribution is -0.0443. The Morgan fingerprint density at radius 2 is 1.48 bits per heavy atom. The van der Waals surface area contributed by atoms with Gasteiger partial charge in [0.2, 0.25) is 0 Å². The summed E-state index contributed by atoms with van der Waals surface area (Å²) in [6.07, 6.45) is -0.460. The van der Waals surface area contributed by atoms with Crippen LogP contribution < -0.4 is 14.2 Å². The highest BCUT2D eigenvalue weighted by atomic mass is 16.7. The lowest BCUT2D eigenvalue weighted by atomic mass is 9.92. The van der Waals surface area contributed by atoms with E-state index in [-0.39, 0.29) is 5.75 Å². The van der Waals surface area contributed by atoms with Crippen molar-refractivity contribution < 1.29 is 28.8 Å². The average Bonchev–Trinajstić information content (AvgIpc) is 3.27. The predicted octanol–water partition coefficient (Wildman–Crippen LogP) is 4.59. The number of fused-ring (bicyclic) bond motifs is 1. The molecule has 0 aromatic heterocycles. The summed E-state index contributed by atoms with van der Waals surface area (Å²) >= 11 is 0. The molecule has 152 valence electrons. The number of rotatable bonds is 5. The molecule has 0 amide bonds. The molecule has 0 unspecified atom stereocenters. The first kappa shape index (κ1) is 19.4. The van der Waals surface area contributed by atoms with Crippen LogP contribution in [0.15, 0.2) is 36.4 Å². The third-order valence-electron chi connectivity index (χ3n) is 5.19. The summed E-state index contributed by atoms with van der Waals surface area (Å²) in [5.41, 5.74) is 2.99. The molecule has 1 heterocycles. The van der Waals surface area contributed by atoms with Gasteiger partial charge in [0, 0.05) is 11.1 Å². The second-order valence-electron chi connectivity index (χ2n) is 6.85. The molecule has 0 aliphatic carbocycles. The van der Waals surface area contributed by atoms with E-state index in [0.717, 1.165) is 16.5 Å². The molecular weight excluding hydrogens is 372 g/mol. The van der Waals surface area contributed by atoms with Crippen LogP contribution in [0.2, 0.25) is 0 Å². The van der Waals surface area contributed by atoms with E-state index in [1.54, 1.807) is 21.3 Å². The van der Waals surface area contributed by atoms with Gasteiger partial charge in [-0.3, -0.25) is 0 Å². The van der Waals surface area contributed by atoms with E-state index in [1.807, 2.05) is 43.3 Å². The fourth-order valence-corrected chi connectivity index (χ4v) is 3.89. The number of phenolic OH excluding ortho intramolecular Hbond substituents is 1. The van der Waals surface area contributed by atoms with E-state index in [4.69, 9.17) is 23.7 Å². The van der Waals surface area contributed by atoms with Gasteiger partial charge in [-0.2, -0.15) is 0 Å². The van der Waals surface area contributed by atoms with Crippen LogP contribution >= 0.6 is 0 Å². The third kappa shape index (κ3) is 3.24. The first-order valence-electron chi connectivity index (χ1n) is 9.37. The van der Waals surface area contributed by atoms with Crippen molar-refractivity contribution in [3.05, 3.63) is 47.5 Å². The van der Waals surface area contributed by atoms with Gasteiger partial charge in [-0.1, -0.05) is 18.2 Å². The summed E-state index contributed by atoms with van der Waals surface area (Å²) in [7, 11) is 4.77. The van der Waals surface area contributed by atoms with Crippen molar-refractivity contribution in [3.8, 4) is 34.1 Å². The van der Waals surface area contributed by atoms with Gasteiger partial charge in [0.05, 0.1) is 45.5 Å². The Morgan fingerprint density at radius 1 is 0.862 bits per heavy atom. The predicted molar refractivity (Wildman–Crippen MR) is 110 cm³/mol. The van der Waals surface area contributed by atoms with Crippen molar-refractivity contribution >= 4 is 10.8 Å². The number of hydrogen-bond acceptors (Lipinski definition) is 6. The normalized spacial score (nSPS) is 14.3. The van der Waals surface area contributed by atoms with Crippen molar-refractivity contribution in [2.75, 3.05) is 34.5 Å². The van der Waals surface area contributed by atoms with Crippen LogP contribution in [0.3, 0.4) is 0 Å². The molecule has 1 N–H and O–H groups in total. The van der Waals surface area contributed by atoms with Crippen molar-refractivity contribution in [1.82, 2.24) is 0 Å². The van der Waals surface area contributed by atoms with E-state index in [1.165, 1.54) is 0 Å². The summed E-state index contributed by atoms with van der Waals surface area (Å²) in [5, 5.41) is 12.8. The van der Waals surface area contributed by atoms with Gasteiger partial charge in [0.1, 0.15) is 23.0 Å². The molecule has 0 radical (unpaired) electrons. The third-order valence-corrected chi connectivity index (χ3v) is 5.19. The zero-order valence-corrected chi connectivity index (χ0v) is 16.9. The van der Waals surface area contributed by atoms with E-state index in [9.17, 15) is 5.11 Å². The van der Waals surface area contributed by atoms with Crippen LogP contribution in [0.25, 0.3) is 21.9 Å². The second-order valence-corrected chi connectivity index (χ2v) is 6.85. The van der Waals surface area contributed by atoms with Crippen molar-refractivity contribution in [2.45, 2.75) is 13.2 Å². The molecule has 1 aliphatic rings. The number of phenols is 1. The zero-order valence-electron chi connectivity index (χ0n) is 16.9. The first-order chi connectivity index (χ1) is 14.1. The molecule has 4 rings (SSSR count). The molecule has 0 bridgehead atoms. The van der Waals surface area contributed by atoms with Crippen LogP contribution in [0, 0.1) is 6.92 Å². The fourth-order valence-electron chi connectivity index (χ4n) is 3.89. The van der Waals surface area contributed by atoms with Crippen LogP contribution in [0.4, 0.5) is 0 Å². The van der Waals surface area contributed by atoms with Crippen molar-refractivity contribution in [2.24, 2.45) is 0 Å². The Hall–Kier alpha value is -2.96. The average molecular weight is 396 g/mol. The summed E-state index contributed by atoms with van der Waals surface area (Å²) < 4.78 is 28.1. The molecule has 6 nitrogen and oxygen atoms in total. The maximum atomic E-state index is 11.3. The molecular formula is C23H24O6. The minimum Gasteiger partial charge on any atom is -0.506 e. The van der Waals surface area contributed by atoms with Crippen LogP contribution in [0.5, 0.6) is 23.0 Å². The summed E-state index contributed by atoms with van der Waals surface area (Å²) in [5.74, 6) is 1.84. The smallest absolute Gasteiger partial charge is 0.184 e. The molecule has 6 heteroatoms. The highest BCUT2D eigenvalue weighted by Crippen LogP contribution is 2.50. The summed E-state index contributed by atoms with van der Waals surface area (Å²) in [6, 6.07) is 11.4. The Bertz CT molecular complexity index is 1030.